The van der Waals surface area contributed by atoms with Crippen LogP contribution >= 0.6 is 0 Å². The zero-order valence-electron chi connectivity index (χ0n) is 19.5. The van der Waals surface area contributed by atoms with Crippen molar-refractivity contribution in [1.29, 1.82) is 0 Å². The highest BCUT2D eigenvalue weighted by Gasteiger charge is 2.30. The lowest BCUT2D eigenvalue weighted by Gasteiger charge is -2.13. The molecule has 0 unspecified atom stereocenters. The molecule has 2 aliphatic rings. The summed E-state index contributed by atoms with van der Waals surface area (Å²) >= 11 is 0. The average Bonchev–Trinajstić information content (AvgIpc) is 3.05. The summed E-state index contributed by atoms with van der Waals surface area (Å²) in [5.74, 6) is 0. The molecule has 1 saturated heterocycles. The van der Waals surface area contributed by atoms with E-state index in [0.29, 0.717) is 0 Å². The normalized spacial score (nSPS) is 19.6. The molecule has 0 aliphatic carbocycles. The van der Waals surface area contributed by atoms with Gasteiger partial charge in [0.2, 0.25) is 0 Å². The molecule has 2 heterocycles. The van der Waals surface area contributed by atoms with Crippen LogP contribution in [0.25, 0.3) is 0 Å². The van der Waals surface area contributed by atoms with Gasteiger partial charge < -0.3 is 0 Å². The van der Waals surface area contributed by atoms with Crippen LogP contribution in [0.2, 0.25) is 0 Å². The van der Waals surface area contributed by atoms with Crippen molar-refractivity contribution < 1.29 is 4.21 Å². The van der Waals surface area contributed by atoms with Crippen molar-refractivity contribution in [3.05, 3.63) is 92.7 Å². The first kappa shape index (κ1) is 23.2. The number of benzene rings is 2. The maximum absolute atomic E-state index is 13.8. The number of allylic oxidation sites excluding steroid dienone is 4. The molecule has 1 nitrogen and oxygen atoms in total. The Morgan fingerprint density at radius 1 is 0.500 bits per heavy atom. The van der Waals surface area contributed by atoms with Gasteiger partial charge in [-0.15, -0.1) is 0 Å². The zero-order valence-corrected chi connectivity index (χ0v) is 20.3. The van der Waals surface area contributed by atoms with E-state index in [-0.39, 0.29) is 0 Å². The second kappa shape index (κ2) is 12.3. The van der Waals surface area contributed by atoms with E-state index >= 15 is 0 Å². The van der Waals surface area contributed by atoms with Crippen molar-refractivity contribution in [2.45, 2.75) is 89.9 Å². The summed E-state index contributed by atoms with van der Waals surface area (Å²) in [7, 11) is -0.942. The van der Waals surface area contributed by atoms with Crippen LogP contribution in [0.1, 0.15) is 88.2 Å². The Kier molecular flexibility index (Phi) is 8.97. The first-order valence-electron chi connectivity index (χ1n) is 12.8. The van der Waals surface area contributed by atoms with Gasteiger partial charge in [0.25, 0.3) is 0 Å². The summed E-state index contributed by atoms with van der Waals surface area (Å²) < 4.78 is 13.8. The van der Waals surface area contributed by atoms with Crippen molar-refractivity contribution in [1.82, 2.24) is 0 Å². The van der Waals surface area contributed by atoms with Crippen molar-refractivity contribution >= 4 is 10.8 Å². The van der Waals surface area contributed by atoms with Crippen LogP contribution in [0, 0.1) is 0 Å². The van der Waals surface area contributed by atoms with Crippen LogP contribution in [-0.2, 0) is 23.6 Å². The van der Waals surface area contributed by atoms with Gasteiger partial charge in [-0.2, -0.15) is 0 Å². The van der Waals surface area contributed by atoms with E-state index < -0.39 is 10.8 Å². The monoisotopic (exact) mass is 446 g/mol. The van der Waals surface area contributed by atoms with Gasteiger partial charge in [-0.25, -0.2) is 4.21 Å². The van der Waals surface area contributed by atoms with E-state index in [0.717, 1.165) is 25.7 Å². The second-order valence-corrected chi connectivity index (χ2v) is 11.0. The summed E-state index contributed by atoms with van der Waals surface area (Å²) in [6.07, 6.45) is 16.8. The topological polar surface area (TPSA) is 17.1 Å². The van der Waals surface area contributed by atoms with E-state index in [2.05, 4.69) is 60.7 Å². The van der Waals surface area contributed by atoms with Gasteiger partial charge in [0.15, 0.2) is 0 Å². The molecular formula is C30H38OS. The lowest BCUT2D eigenvalue weighted by molar-refractivity contribution is 0.553. The average molecular weight is 447 g/mol. The Bertz CT molecular complexity index is 862. The van der Waals surface area contributed by atoms with Crippen molar-refractivity contribution in [2.24, 2.45) is 0 Å². The Morgan fingerprint density at radius 3 is 1.22 bits per heavy atom. The second-order valence-electron chi connectivity index (χ2n) is 9.43. The molecular weight excluding hydrogens is 408 g/mol. The van der Waals surface area contributed by atoms with Gasteiger partial charge in [0, 0.05) is 9.81 Å². The lowest BCUT2D eigenvalue weighted by atomic mass is 9.90. The summed E-state index contributed by atoms with van der Waals surface area (Å²) in [4.78, 5) is 2.48. The fourth-order valence-electron chi connectivity index (χ4n) is 5.19. The smallest absolute Gasteiger partial charge is 0.0773 e. The Labute approximate surface area is 197 Å². The third-order valence-electron chi connectivity index (χ3n) is 6.99. The summed E-state index contributed by atoms with van der Waals surface area (Å²) in [5, 5.41) is 0. The van der Waals surface area contributed by atoms with Crippen molar-refractivity contribution in [2.75, 3.05) is 0 Å². The quantitative estimate of drug-likeness (QED) is 0.460. The van der Waals surface area contributed by atoms with Gasteiger partial charge in [0.1, 0.15) is 0 Å². The molecule has 0 saturated carbocycles. The fourth-order valence-corrected chi connectivity index (χ4v) is 6.99. The van der Waals surface area contributed by atoms with Crippen molar-refractivity contribution in [3.8, 4) is 0 Å². The molecule has 2 aliphatic heterocycles. The molecule has 32 heavy (non-hydrogen) atoms. The molecule has 0 spiro atoms. The Balaban J connectivity index is 1.67. The van der Waals surface area contributed by atoms with Crippen LogP contribution in [0.3, 0.4) is 0 Å². The first-order chi connectivity index (χ1) is 15.8. The predicted octanol–water partition coefficient (Wildman–Crippen LogP) is 8.44. The van der Waals surface area contributed by atoms with Crippen LogP contribution < -0.4 is 0 Å². The molecule has 2 aromatic carbocycles. The van der Waals surface area contributed by atoms with E-state index in [1.807, 2.05) is 0 Å². The lowest BCUT2D eigenvalue weighted by Crippen LogP contribution is -2.00. The van der Waals surface area contributed by atoms with E-state index in [1.54, 1.807) is 0 Å². The fraction of sp³-hybridized carbons (Fsp3) is 0.467. The molecule has 170 valence electrons. The number of fused-ring (bicyclic) bond motifs is 2. The minimum atomic E-state index is -0.942. The minimum absolute atomic E-state index is 0.910. The molecule has 2 heteroatoms. The number of hydrogen-bond acceptors (Lipinski definition) is 1. The molecule has 0 N–H and O–H groups in total. The Hall–Kier alpha value is -1.93. The number of hydrogen-bond donors (Lipinski definition) is 0. The van der Waals surface area contributed by atoms with Gasteiger partial charge >= 0.3 is 0 Å². The number of rotatable bonds is 4. The maximum atomic E-state index is 13.8. The summed E-state index contributed by atoms with van der Waals surface area (Å²) in [6, 6.07) is 21.6. The third-order valence-corrected chi connectivity index (χ3v) is 8.79. The molecule has 1 fully saturated rings. The highest BCUT2D eigenvalue weighted by Crippen LogP contribution is 2.41. The Morgan fingerprint density at radius 2 is 0.844 bits per heavy atom. The predicted molar refractivity (Wildman–Crippen MR) is 138 cm³/mol. The summed E-state index contributed by atoms with van der Waals surface area (Å²) in [6.45, 7) is 0. The van der Waals surface area contributed by atoms with Gasteiger partial charge in [0.05, 0.1) is 10.8 Å². The molecule has 0 aromatic heterocycles. The molecule has 0 radical (unpaired) electrons. The van der Waals surface area contributed by atoms with E-state index in [1.165, 1.54) is 96.3 Å². The van der Waals surface area contributed by atoms with Crippen LogP contribution in [0.4, 0.5) is 0 Å². The maximum Gasteiger partial charge on any atom is 0.0773 e. The minimum Gasteiger partial charge on any atom is -0.250 e. The van der Waals surface area contributed by atoms with E-state index in [4.69, 9.17) is 0 Å². The van der Waals surface area contributed by atoms with Crippen LogP contribution in [0.5, 0.6) is 0 Å². The SMILES string of the molecule is O=S1C2=C(Cc3ccccc3)C(Cc3ccccc3)=C1CCCCCCCCCCCC2. The highest BCUT2D eigenvalue weighted by atomic mass is 32.2. The highest BCUT2D eigenvalue weighted by molar-refractivity contribution is 7.93. The van der Waals surface area contributed by atoms with Gasteiger partial charge in [-0.1, -0.05) is 112 Å². The molecule has 4 rings (SSSR count). The summed E-state index contributed by atoms with van der Waals surface area (Å²) in [5.41, 5.74) is 5.44. The van der Waals surface area contributed by atoms with Crippen molar-refractivity contribution in [3.63, 3.8) is 0 Å². The molecule has 0 atom stereocenters. The van der Waals surface area contributed by atoms with Gasteiger partial charge in [-0.3, -0.25) is 0 Å². The first-order valence-corrected chi connectivity index (χ1v) is 13.9. The molecule has 2 bridgehead atoms. The zero-order chi connectivity index (χ0) is 22.0. The van der Waals surface area contributed by atoms with E-state index in [9.17, 15) is 4.21 Å². The van der Waals surface area contributed by atoms with Crippen LogP contribution in [0.15, 0.2) is 81.6 Å². The standard InChI is InChI=1S/C30H38OS/c31-32-29-21-15-7-5-3-1-2-4-6-8-16-22-30(32)28(24-26-19-13-10-14-20-26)27(29)23-25-17-11-9-12-18-25/h9-14,17-20H,1-8,15-16,21-24H2. The molecule has 0 amide bonds. The van der Waals surface area contributed by atoms with Crippen LogP contribution in [-0.4, -0.2) is 4.21 Å². The van der Waals surface area contributed by atoms with Gasteiger partial charge in [-0.05, 0) is 60.8 Å². The largest absolute Gasteiger partial charge is 0.250 e. The molecule has 2 aromatic rings. The third kappa shape index (κ3) is 6.32.